The number of aryl methyl sites for hydroxylation is 2. The van der Waals surface area contributed by atoms with Crippen LogP contribution in [0.25, 0.3) is 0 Å². The Morgan fingerprint density at radius 2 is 1.66 bits per heavy atom. The maximum atomic E-state index is 13.1. The number of unbranched alkanes of at least 4 members (excludes halogenated alkanes) is 2. The van der Waals surface area contributed by atoms with E-state index in [0.29, 0.717) is 32.1 Å². The van der Waals surface area contributed by atoms with Crippen LogP contribution in [0.15, 0.2) is 53.7 Å². The first-order valence-corrected chi connectivity index (χ1v) is 11.0. The number of hydrogen-bond donors (Lipinski definition) is 0. The minimum absolute atomic E-state index is 0.285. The molecule has 0 amide bonds. The van der Waals surface area contributed by atoms with Crippen molar-refractivity contribution in [3.8, 4) is 11.5 Å². The number of ether oxygens (including phenoxy) is 3. The fraction of sp³-hybridized carbons (Fsp3) is 0.423. The van der Waals surface area contributed by atoms with E-state index in [9.17, 15) is 4.39 Å². The number of hydrogen-bond acceptors (Lipinski definition) is 5. The summed E-state index contributed by atoms with van der Waals surface area (Å²) in [7, 11) is 1.48. The lowest BCUT2D eigenvalue weighted by Crippen LogP contribution is -2.12. The Labute approximate surface area is 190 Å². The molecule has 0 unspecified atom stereocenters. The van der Waals surface area contributed by atoms with Crippen molar-refractivity contribution in [2.24, 2.45) is 5.16 Å². The summed E-state index contributed by atoms with van der Waals surface area (Å²) in [5.41, 5.74) is 3.58. The van der Waals surface area contributed by atoms with Crippen LogP contribution in [0.1, 0.15) is 42.9 Å². The van der Waals surface area contributed by atoms with Crippen molar-refractivity contribution < 1.29 is 23.4 Å². The van der Waals surface area contributed by atoms with E-state index in [0.717, 1.165) is 47.5 Å². The molecule has 0 aliphatic carbocycles. The Kier molecular flexibility index (Phi) is 11.3. The average molecular weight is 444 g/mol. The smallest absolute Gasteiger partial charge is 0.125 e. The Bertz CT molecular complexity index is 855. The molecule has 0 heterocycles. The van der Waals surface area contributed by atoms with Gasteiger partial charge in [-0.05, 0) is 75.4 Å². The van der Waals surface area contributed by atoms with Gasteiger partial charge in [-0.15, -0.1) is 0 Å². The predicted octanol–water partition coefficient (Wildman–Crippen LogP) is 6.01. The second kappa shape index (κ2) is 14.2. The van der Waals surface area contributed by atoms with Gasteiger partial charge in [-0.2, -0.15) is 0 Å². The lowest BCUT2D eigenvalue weighted by Gasteiger charge is -2.14. The van der Waals surface area contributed by atoms with E-state index in [2.05, 4.69) is 5.16 Å². The molecular weight excluding hydrogens is 409 g/mol. The lowest BCUT2D eigenvalue weighted by atomic mass is 10.1. The zero-order valence-corrected chi connectivity index (χ0v) is 19.5. The SMILES string of the molecule is C/C=C/COc1cc(C)c(OCCCCCOC/C(=N/OC)c2ccc(F)cc2)c(C)c1. The van der Waals surface area contributed by atoms with Gasteiger partial charge < -0.3 is 19.0 Å². The molecule has 2 aromatic carbocycles. The molecule has 0 saturated heterocycles. The normalized spacial score (nSPS) is 11.7. The zero-order valence-electron chi connectivity index (χ0n) is 19.5. The fourth-order valence-electron chi connectivity index (χ4n) is 3.20. The van der Waals surface area contributed by atoms with Crippen LogP contribution >= 0.6 is 0 Å². The number of nitrogens with zero attached hydrogens (tertiary/aromatic N) is 1. The zero-order chi connectivity index (χ0) is 23.2. The van der Waals surface area contributed by atoms with Crippen molar-refractivity contribution in [3.63, 3.8) is 0 Å². The van der Waals surface area contributed by atoms with Crippen molar-refractivity contribution in [3.05, 3.63) is 71.1 Å². The molecule has 0 radical (unpaired) electrons. The van der Waals surface area contributed by atoms with Gasteiger partial charge in [0.25, 0.3) is 0 Å². The number of benzene rings is 2. The monoisotopic (exact) mass is 443 g/mol. The van der Waals surface area contributed by atoms with Gasteiger partial charge in [0.2, 0.25) is 0 Å². The van der Waals surface area contributed by atoms with Crippen LogP contribution in [0.2, 0.25) is 0 Å². The Hall–Kier alpha value is -2.86. The third-order valence-electron chi connectivity index (χ3n) is 4.81. The number of halogens is 1. The molecular formula is C26H34FNO4. The standard InChI is InChI=1S/C26H34FNO4/c1-5-6-15-31-24-17-20(2)26(21(3)18-24)32-16-9-7-8-14-30-19-25(28-29-4)22-10-12-23(27)13-11-22/h5-6,10-13,17-18H,7-9,14-16,19H2,1-4H3/b6-5+,28-25-. The molecule has 174 valence electrons. The van der Waals surface area contributed by atoms with Gasteiger partial charge in [-0.25, -0.2) is 4.39 Å². The second-order valence-electron chi connectivity index (χ2n) is 7.46. The van der Waals surface area contributed by atoms with Gasteiger partial charge >= 0.3 is 0 Å². The Morgan fingerprint density at radius 1 is 0.969 bits per heavy atom. The van der Waals surface area contributed by atoms with Crippen LogP contribution in [0.4, 0.5) is 4.39 Å². The molecule has 0 spiro atoms. The third-order valence-corrected chi connectivity index (χ3v) is 4.81. The van der Waals surface area contributed by atoms with Gasteiger partial charge in [0.05, 0.1) is 13.2 Å². The number of oxime groups is 1. The molecule has 0 bridgehead atoms. The lowest BCUT2D eigenvalue weighted by molar-refractivity contribution is 0.157. The van der Waals surface area contributed by atoms with Gasteiger partial charge in [0.1, 0.15) is 36.7 Å². The van der Waals surface area contributed by atoms with Crippen LogP contribution in [0, 0.1) is 19.7 Å². The maximum Gasteiger partial charge on any atom is 0.125 e. The molecule has 2 aromatic rings. The van der Waals surface area contributed by atoms with E-state index in [4.69, 9.17) is 19.0 Å². The molecule has 0 saturated carbocycles. The van der Waals surface area contributed by atoms with Crippen LogP contribution in [-0.4, -0.2) is 39.2 Å². The Balaban J connectivity index is 1.66. The van der Waals surface area contributed by atoms with E-state index in [1.807, 2.05) is 45.1 Å². The topological polar surface area (TPSA) is 49.3 Å². The average Bonchev–Trinajstić information content (AvgIpc) is 2.77. The molecule has 0 fully saturated rings. The van der Waals surface area contributed by atoms with Crippen LogP contribution < -0.4 is 9.47 Å². The second-order valence-corrected chi connectivity index (χ2v) is 7.46. The molecule has 2 rings (SSSR count). The highest BCUT2D eigenvalue weighted by molar-refractivity contribution is 6.01. The van der Waals surface area contributed by atoms with E-state index in [1.54, 1.807) is 12.1 Å². The van der Waals surface area contributed by atoms with Gasteiger partial charge in [0, 0.05) is 12.2 Å². The largest absolute Gasteiger partial charge is 0.493 e. The van der Waals surface area contributed by atoms with Crippen molar-refractivity contribution in [1.29, 1.82) is 0 Å². The number of allylic oxidation sites excluding steroid dienone is 1. The van der Waals surface area contributed by atoms with Crippen molar-refractivity contribution in [2.45, 2.75) is 40.0 Å². The summed E-state index contributed by atoms with van der Waals surface area (Å²) < 4.78 is 30.6. The summed E-state index contributed by atoms with van der Waals surface area (Å²) in [6.07, 6.45) is 6.81. The first kappa shape index (κ1) is 25.4. The highest BCUT2D eigenvalue weighted by Gasteiger charge is 2.08. The van der Waals surface area contributed by atoms with Crippen molar-refractivity contribution in [1.82, 2.24) is 0 Å². The summed E-state index contributed by atoms with van der Waals surface area (Å²) in [4.78, 5) is 4.88. The van der Waals surface area contributed by atoms with Gasteiger partial charge in [-0.1, -0.05) is 29.4 Å². The fourth-order valence-corrected chi connectivity index (χ4v) is 3.20. The molecule has 0 atom stereocenters. The predicted molar refractivity (Wildman–Crippen MR) is 126 cm³/mol. The van der Waals surface area contributed by atoms with Crippen LogP contribution in [0.5, 0.6) is 11.5 Å². The first-order chi connectivity index (χ1) is 15.5. The highest BCUT2D eigenvalue weighted by atomic mass is 19.1. The first-order valence-electron chi connectivity index (χ1n) is 11.0. The molecule has 0 N–H and O–H groups in total. The molecule has 0 aliphatic rings. The van der Waals surface area contributed by atoms with Gasteiger partial charge in [0.15, 0.2) is 0 Å². The van der Waals surface area contributed by atoms with E-state index < -0.39 is 0 Å². The summed E-state index contributed by atoms with van der Waals surface area (Å²) >= 11 is 0. The summed E-state index contributed by atoms with van der Waals surface area (Å²) in [5, 5.41) is 3.99. The molecule has 5 nitrogen and oxygen atoms in total. The van der Waals surface area contributed by atoms with Crippen molar-refractivity contribution in [2.75, 3.05) is 33.5 Å². The van der Waals surface area contributed by atoms with E-state index in [1.165, 1.54) is 19.2 Å². The van der Waals surface area contributed by atoms with Crippen molar-refractivity contribution >= 4 is 5.71 Å². The summed E-state index contributed by atoms with van der Waals surface area (Å²) in [6.45, 7) is 8.21. The minimum Gasteiger partial charge on any atom is -0.493 e. The third kappa shape index (κ3) is 8.71. The van der Waals surface area contributed by atoms with E-state index in [-0.39, 0.29) is 5.82 Å². The molecule has 6 heteroatoms. The summed E-state index contributed by atoms with van der Waals surface area (Å²) in [6, 6.07) is 10.2. The van der Waals surface area contributed by atoms with Crippen LogP contribution in [-0.2, 0) is 9.57 Å². The Morgan fingerprint density at radius 3 is 2.31 bits per heavy atom. The minimum atomic E-state index is -0.285. The maximum absolute atomic E-state index is 13.1. The van der Waals surface area contributed by atoms with Crippen LogP contribution in [0.3, 0.4) is 0 Å². The highest BCUT2D eigenvalue weighted by Crippen LogP contribution is 2.28. The molecule has 0 aliphatic heterocycles. The van der Waals surface area contributed by atoms with Gasteiger partial charge in [-0.3, -0.25) is 0 Å². The quantitative estimate of drug-likeness (QED) is 0.155. The number of rotatable bonds is 14. The molecule has 0 aromatic heterocycles. The molecule has 32 heavy (non-hydrogen) atoms. The van der Waals surface area contributed by atoms with E-state index >= 15 is 0 Å². The summed E-state index contributed by atoms with van der Waals surface area (Å²) in [5.74, 6) is 1.51.